The third kappa shape index (κ3) is 11.2. The summed E-state index contributed by atoms with van der Waals surface area (Å²) in [5, 5.41) is 30.9. The van der Waals surface area contributed by atoms with Crippen molar-refractivity contribution in [2.45, 2.75) is 49.9 Å². The largest absolute Gasteiger partial charge is 0.508 e. The molecule has 0 radical (unpaired) electrons. The van der Waals surface area contributed by atoms with E-state index in [1.54, 1.807) is 0 Å². The van der Waals surface area contributed by atoms with Crippen LogP contribution in [0.4, 0.5) is 0 Å². The Morgan fingerprint density at radius 3 is 2.07 bits per heavy atom. The molecule has 2 rings (SSSR count). The monoisotopic (exact) mass is 594 g/mol. The topological polar surface area (TPSA) is 267 Å². The summed E-state index contributed by atoms with van der Waals surface area (Å²) in [5.74, 6) is -5.95. The number of carbonyl (C=O) groups is 6. The normalized spacial score (nSPS) is 22.5. The number of nitrogens with two attached hydrogens (primary N) is 2. The summed E-state index contributed by atoms with van der Waals surface area (Å²) in [6.45, 7) is -0.481. The minimum absolute atomic E-state index is 0.0311. The number of guanidine groups is 1. The fourth-order valence-electron chi connectivity index (χ4n) is 3.78. The van der Waals surface area contributed by atoms with Crippen molar-refractivity contribution in [2.24, 2.45) is 16.5 Å². The number of aliphatic carboxylic acids is 1. The van der Waals surface area contributed by atoms with Crippen LogP contribution in [-0.4, -0.2) is 94.7 Å². The molecule has 224 valence electrons. The van der Waals surface area contributed by atoms with Crippen LogP contribution in [0.5, 0.6) is 5.75 Å². The van der Waals surface area contributed by atoms with Crippen molar-refractivity contribution < 1.29 is 39.0 Å². The van der Waals surface area contributed by atoms with Gasteiger partial charge in [0, 0.05) is 18.7 Å². The molecule has 0 saturated carbocycles. The standard InChI is InChI=1S/C24H34N8O8S/c25-24(26)27-7-1-2-14-20(37)28-10-18(34)29-16(9-19(35)36)22(39)31-15(8-12-3-5-13(33)6-4-12)21(38)32-17(11-41)23(40)30-14/h3-6,14-17,33,41H,1-2,7-11H2,(H,28,37)(H,29,34)(H,30,40)(H,31,39)(H,32,38)(H,35,36)(H4,25,26,27)/t14-,15+,16-,17-/m0/s1. The Bertz CT molecular complexity index is 1160. The van der Waals surface area contributed by atoms with E-state index in [9.17, 15) is 39.0 Å². The molecular formula is C24H34N8O8S. The Morgan fingerprint density at radius 1 is 0.878 bits per heavy atom. The van der Waals surface area contributed by atoms with E-state index in [0.717, 1.165) is 0 Å². The third-order valence-electron chi connectivity index (χ3n) is 5.86. The number of hydrogen-bond acceptors (Lipinski definition) is 9. The first-order valence-corrected chi connectivity index (χ1v) is 13.2. The number of benzene rings is 1. The third-order valence-corrected chi connectivity index (χ3v) is 6.22. The molecule has 1 heterocycles. The second kappa shape index (κ2) is 15.9. The average molecular weight is 595 g/mol. The lowest BCUT2D eigenvalue weighted by atomic mass is 10.0. The molecule has 17 heteroatoms. The van der Waals surface area contributed by atoms with Gasteiger partial charge in [0.05, 0.1) is 13.0 Å². The molecule has 1 aromatic carbocycles. The number of rotatable bonds is 9. The minimum Gasteiger partial charge on any atom is -0.508 e. The van der Waals surface area contributed by atoms with E-state index in [0.29, 0.717) is 5.56 Å². The number of carbonyl (C=O) groups excluding carboxylic acids is 5. The van der Waals surface area contributed by atoms with Gasteiger partial charge in [0.1, 0.15) is 29.9 Å². The summed E-state index contributed by atoms with van der Waals surface area (Å²) in [7, 11) is 0. The predicted molar refractivity (Wildman–Crippen MR) is 149 cm³/mol. The van der Waals surface area contributed by atoms with Crippen LogP contribution in [0.15, 0.2) is 29.3 Å². The zero-order valence-electron chi connectivity index (χ0n) is 22.0. The van der Waals surface area contributed by atoms with E-state index in [-0.39, 0.29) is 43.3 Å². The maximum Gasteiger partial charge on any atom is 0.305 e. The molecule has 0 aliphatic carbocycles. The van der Waals surface area contributed by atoms with Crippen LogP contribution in [0.1, 0.15) is 24.8 Å². The zero-order valence-corrected chi connectivity index (χ0v) is 22.9. The predicted octanol–water partition coefficient (Wildman–Crippen LogP) is -3.54. The molecule has 1 aliphatic rings. The van der Waals surface area contributed by atoms with Gasteiger partial charge in [-0.2, -0.15) is 12.6 Å². The quantitative estimate of drug-likeness (QED) is 0.0582. The molecule has 4 atom stereocenters. The Hall–Kier alpha value is -4.54. The first kappa shape index (κ1) is 32.7. The highest BCUT2D eigenvalue weighted by atomic mass is 32.1. The number of nitrogens with one attached hydrogen (secondary N) is 5. The van der Waals surface area contributed by atoms with Gasteiger partial charge in [-0.3, -0.25) is 33.8 Å². The van der Waals surface area contributed by atoms with Crippen molar-refractivity contribution in [1.82, 2.24) is 26.6 Å². The van der Waals surface area contributed by atoms with Crippen molar-refractivity contribution in [2.75, 3.05) is 18.8 Å². The molecular weight excluding hydrogens is 560 g/mol. The van der Waals surface area contributed by atoms with Gasteiger partial charge in [0.25, 0.3) is 0 Å². The van der Waals surface area contributed by atoms with E-state index in [1.165, 1.54) is 24.3 Å². The average Bonchev–Trinajstić information content (AvgIpc) is 2.91. The minimum atomic E-state index is -1.59. The number of carboxylic acids is 1. The molecule has 0 bridgehead atoms. The second-order valence-corrected chi connectivity index (χ2v) is 9.49. The van der Waals surface area contributed by atoms with Crippen LogP contribution in [0.2, 0.25) is 0 Å². The number of hydrogen-bond donors (Lipinski definition) is 10. The number of thiol groups is 1. The number of phenols is 1. The molecule has 1 fully saturated rings. The van der Waals surface area contributed by atoms with E-state index in [1.807, 2.05) is 0 Å². The molecule has 1 aromatic rings. The molecule has 16 nitrogen and oxygen atoms in total. The van der Waals surface area contributed by atoms with Crippen molar-refractivity contribution in [1.29, 1.82) is 0 Å². The lowest BCUT2D eigenvalue weighted by Gasteiger charge is -2.25. The first-order chi connectivity index (χ1) is 19.4. The zero-order chi connectivity index (χ0) is 30.5. The summed E-state index contributed by atoms with van der Waals surface area (Å²) in [4.78, 5) is 80.0. The molecule has 0 unspecified atom stereocenters. The lowest BCUT2D eigenvalue weighted by Crippen LogP contribution is -2.58. The second-order valence-electron chi connectivity index (χ2n) is 9.12. The Morgan fingerprint density at radius 2 is 1.46 bits per heavy atom. The summed E-state index contributed by atoms with van der Waals surface area (Å²) in [6.07, 6.45) is -0.589. The van der Waals surface area contributed by atoms with E-state index >= 15 is 0 Å². The van der Waals surface area contributed by atoms with Gasteiger partial charge in [0.2, 0.25) is 29.5 Å². The Labute approximate surface area is 240 Å². The molecule has 0 spiro atoms. The van der Waals surface area contributed by atoms with Gasteiger partial charge in [0.15, 0.2) is 5.96 Å². The van der Waals surface area contributed by atoms with Crippen molar-refractivity contribution >= 4 is 54.1 Å². The molecule has 1 aliphatic heterocycles. The maximum atomic E-state index is 13.3. The number of carboxylic acid groups (broad SMARTS) is 1. The summed E-state index contributed by atoms with van der Waals surface area (Å²) in [6, 6.07) is 0.451. The highest BCUT2D eigenvalue weighted by Gasteiger charge is 2.32. The van der Waals surface area contributed by atoms with Crippen LogP contribution in [0.3, 0.4) is 0 Å². The van der Waals surface area contributed by atoms with Gasteiger partial charge in [-0.15, -0.1) is 0 Å². The molecule has 0 aromatic heterocycles. The fraction of sp³-hybridized carbons (Fsp3) is 0.458. The molecule has 41 heavy (non-hydrogen) atoms. The van der Waals surface area contributed by atoms with Crippen LogP contribution < -0.4 is 38.1 Å². The van der Waals surface area contributed by atoms with E-state index in [2.05, 4.69) is 44.2 Å². The number of phenolic OH excluding ortho intramolecular Hbond substituents is 1. The number of nitrogens with zero attached hydrogens (tertiary/aromatic N) is 1. The highest BCUT2D eigenvalue weighted by Crippen LogP contribution is 2.12. The van der Waals surface area contributed by atoms with E-state index < -0.39 is 72.6 Å². The maximum absolute atomic E-state index is 13.3. The van der Waals surface area contributed by atoms with E-state index in [4.69, 9.17) is 11.5 Å². The van der Waals surface area contributed by atoms with Crippen LogP contribution in [-0.2, 0) is 35.2 Å². The van der Waals surface area contributed by atoms with Crippen LogP contribution >= 0.6 is 12.6 Å². The number of aromatic hydroxyl groups is 1. The number of aliphatic imine (C=N–C) groups is 1. The Balaban J connectivity index is 2.39. The fourth-order valence-corrected chi connectivity index (χ4v) is 4.04. The van der Waals surface area contributed by atoms with Gasteiger partial charge < -0.3 is 48.3 Å². The molecule has 1 saturated heterocycles. The van der Waals surface area contributed by atoms with Gasteiger partial charge in [-0.25, -0.2) is 0 Å². The number of amides is 5. The lowest BCUT2D eigenvalue weighted by molar-refractivity contribution is -0.141. The smallest absolute Gasteiger partial charge is 0.305 e. The van der Waals surface area contributed by atoms with Gasteiger partial charge in [-0.1, -0.05) is 12.1 Å². The van der Waals surface area contributed by atoms with Crippen LogP contribution in [0, 0.1) is 0 Å². The van der Waals surface area contributed by atoms with Crippen molar-refractivity contribution in [3.05, 3.63) is 29.8 Å². The van der Waals surface area contributed by atoms with Crippen LogP contribution in [0.25, 0.3) is 0 Å². The summed E-state index contributed by atoms with van der Waals surface area (Å²) in [5.41, 5.74) is 11.1. The summed E-state index contributed by atoms with van der Waals surface area (Å²) >= 11 is 4.14. The van der Waals surface area contributed by atoms with Crippen molar-refractivity contribution in [3.63, 3.8) is 0 Å². The first-order valence-electron chi connectivity index (χ1n) is 12.5. The SMILES string of the molecule is NC(N)=NCCC[C@@H]1NC(=O)[C@H](CS)NC(=O)[C@@H](Cc2ccc(O)cc2)NC(=O)[C@H](CC(=O)O)NC(=O)CNC1=O. The highest BCUT2D eigenvalue weighted by molar-refractivity contribution is 7.80. The van der Waals surface area contributed by atoms with Gasteiger partial charge >= 0.3 is 5.97 Å². The van der Waals surface area contributed by atoms with Gasteiger partial charge in [-0.05, 0) is 30.5 Å². The van der Waals surface area contributed by atoms with Crippen molar-refractivity contribution in [3.8, 4) is 5.75 Å². The Kier molecular flexibility index (Phi) is 12.7. The molecule has 5 amide bonds. The molecule has 11 N–H and O–H groups in total. The summed E-state index contributed by atoms with van der Waals surface area (Å²) < 4.78 is 0.